The van der Waals surface area contributed by atoms with Crippen molar-refractivity contribution < 1.29 is 9.21 Å². The van der Waals surface area contributed by atoms with E-state index in [9.17, 15) is 4.79 Å². The summed E-state index contributed by atoms with van der Waals surface area (Å²) in [5.74, 6) is 1.50. The maximum Gasteiger partial charge on any atom is 0.153 e. The highest BCUT2D eigenvalue weighted by Gasteiger charge is 2.03. The summed E-state index contributed by atoms with van der Waals surface area (Å²) in [5, 5.41) is 0. The number of hydrogen-bond acceptors (Lipinski definition) is 2. The molecule has 0 amide bonds. The molecule has 1 aromatic rings. The molecular weight excluding hydrogens is 188 g/mol. The topological polar surface area (TPSA) is 30.2 Å². The van der Waals surface area contributed by atoms with Gasteiger partial charge in [0.15, 0.2) is 6.29 Å². The van der Waals surface area contributed by atoms with Gasteiger partial charge in [0.2, 0.25) is 0 Å². The number of carbonyl (C=O) groups excluding carboxylic acids is 1. The van der Waals surface area contributed by atoms with Crippen LogP contribution in [0.4, 0.5) is 0 Å². The van der Waals surface area contributed by atoms with E-state index >= 15 is 0 Å². The Morgan fingerprint density at radius 2 is 2.23 bits per heavy atom. The number of furan rings is 1. The number of rotatable bonds is 6. The molecule has 0 aliphatic heterocycles. The van der Waals surface area contributed by atoms with Crippen LogP contribution in [-0.2, 0) is 6.42 Å². The van der Waals surface area contributed by atoms with Gasteiger partial charge in [0.1, 0.15) is 5.76 Å². The Hall–Kier alpha value is -0.760. The van der Waals surface area contributed by atoms with Crippen LogP contribution in [0, 0.1) is 0 Å². The lowest BCUT2D eigenvalue weighted by atomic mass is 10.1. The van der Waals surface area contributed by atoms with Crippen molar-refractivity contribution in [3.8, 4) is 0 Å². The molecule has 0 aliphatic carbocycles. The lowest BCUT2D eigenvalue weighted by molar-refractivity contribution is 0.112. The SMILES string of the molecule is O=Cc1ccoc1CCCCCCl. The molecule has 0 N–H and O–H groups in total. The molecule has 1 heterocycles. The molecule has 0 saturated carbocycles. The van der Waals surface area contributed by atoms with Gasteiger partial charge >= 0.3 is 0 Å². The summed E-state index contributed by atoms with van der Waals surface area (Å²) in [6.07, 6.45) is 6.36. The number of carbonyl (C=O) groups is 1. The Kier molecular flexibility index (Phi) is 4.61. The average molecular weight is 201 g/mol. The molecule has 0 bridgehead atoms. The van der Waals surface area contributed by atoms with Crippen molar-refractivity contribution in [2.75, 3.05) is 5.88 Å². The maximum absolute atomic E-state index is 10.5. The first-order chi connectivity index (χ1) is 6.38. The van der Waals surface area contributed by atoms with E-state index in [4.69, 9.17) is 16.0 Å². The number of alkyl halides is 1. The molecule has 0 aliphatic rings. The first-order valence-corrected chi connectivity index (χ1v) is 4.99. The molecule has 1 rings (SSSR count). The summed E-state index contributed by atoms with van der Waals surface area (Å²) in [5.41, 5.74) is 0.672. The minimum absolute atomic E-state index is 0.672. The number of halogens is 1. The van der Waals surface area contributed by atoms with Gasteiger partial charge in [0.25, 0.3) is 0 Å². The van der Waals surface area contributed by atoms with Crippen LogP contribution in [0.15, 0.2) is 16.7 Å². The van der Waals surface area contributed by atoms with Crippen LogP contribution in [0.3, 0.4) is 0 Å². The number of aldehydes is 1. The lowest BCUT2D eigenvalue weighted by Crippen LogP contribution is -1.88. The summed E-state index contributed by atoms with van der Waals surface area (Å²) < 4.78 is 5.17. The minimum atomic E-state index is 0.672. The van der Waals surface area contributed by atoms with E-state index in [1.54, 1.807) is 12.3 Å². The van der Waals surface area contributed by atoms with Gasteiger partial charge in [0.05, 0.1) is 11.8 Å². The van der Waals surface area contributed by atoms with E-state index in [2.05, 4.69) is 0 Å². The van der Waals surface area contributed by atoms with E-state index in [0.29, 0.717) is 11.4 Å². The van der Waals surface area contributed by atoms with Gasteiger partial charge in [-0.15, -0.1) is 11.6 Å². The van der Waals surface area contributed by atoms with Crippen LogP contribution >= 0.6 is 11.6 Å². The van der Waals surface area contributed by atoms with Crippen LogP contribution < -0.4 is 0 Å². The van der Waals surface area contributed by atoms with Gasteiger partial charge in [-0.25, -0.2) is 0 Å². The Bertz CT molecular complexity index is 255. The predicted molar refractivity (Wildman–Crippen MR) is 52.4 cm³/mol. The van der Waals surface area contributed by atoms with Crippen LogP contribution in [0.5, 0.6) is 0 Å². The number of hydrogen-bond donors (Lipinski definition) is 0. The van der Waals surface area contributed by atoms with Gasteiger partial charge in [0, 0.05) is 12.3 Å². The lowest BCUT2D eigenvalue weighted by Gasteiger charge is -1.97. The molecule has 0 unspecified atom stereocenters. The van der Waals surface area contributed by atoms with Gasteiger partial charge in [-0.05, 0) is 18.9 Å². The molecular formula is C10H13ClO2. The number of aryl methyl sites for hydroxylation is 1. The average Bonchev–Trinajstić information content (AvgIpc) is 2.60. The summed E-state index contributed by atoms with van der Waals surface area (Å²) in [6, 6.07) is 1.70. The molecule has 0 spiro atoms. The molecule has 3 heteroatoms. The third kappa shape index (κ3) is 3.23. The Morgan fingerprint density at radius 1 is 1.38 bits per heavy atom. The van der Waals surface area contributed by atoms with Crippen molar-refractivity contribution >= 4 is 17.9 Å². The summed E-state index contributed by atoms with van der Waals surface area (Å²) in [6.45, 7) is 0. The molecule has 0 fully saturated rings. The van der Waals surface area contributed by atoms with Gasteiger partial charge < -0.3 is 4.42 Å². The van der Waals surface area contributed by atoms with Crippen molar-refractivity contribution in [1.82, 2.24) is 0 Å². The minimum Gasteiger partial charge on any atom is -0.469 e. The zero-order valence-electron chi connectivity index (χ0n) is 7.46. The summed E-state index contributed by atoms with van der Waals surface area (Å²) in [4.78, 5) is 10.5. The van der Waals surface area contributed by atoms with E-state index in [1.165, 1.54) is 0 Å². The quantitative estimate of drug-likeness (QED) is 0.402. The Balaban J connectivity index is 2.31. The molecule has 0 aromatic carbocycles. The van der Waals surface area contributed by atoms with Crippen molar-refractivity contribution in [3.05, 3.63) is 23.7 Å². The van der Waals surface area contributed by atoms with Crippen LogP contribution in [-0.4, -0.2) is 12.2 Å². The van der Waals surface area contributed by atoms with Crippen molar-refractivity contribution in [2.24, 2.45) is 0 Å². The molecule has 0 saturated heterocycles. The van der Waals surface area contributed by atoms with E-state index in [0.717, 1.165) is 37.7 Å². The zero-order chi connectivity index (χ0) is 9.52. The molecule has 13 heavy (non-hydrogen) atoms. The summed E-state index contributed by atoms with van der Waals surface area (Å²) >= 11 is 5.54. The zero-order valence-corrected chi connectivity index (χ0v) is 8.22. The molecule has 2 nitrogen and oxygen atoms in total. The highest BCUT2D eigenvalue weighted by Crippen LogP contribution is 2.12. The van der Waals surface area contributed by atoms with Gasteiger partial charge in [-0.2, -0.15) is 0 Å². The fourth-order valence-electron chi connectivity index (χ4n) is 1.22. The van der Waals surface area contributed by atoms with E-state index < -0.39 is 0 Å². The molecule has 1 aromatic heterocycles. The van der Waals surface area contributed by atoms with Crippen LogP contribution in [0.25, 0.3) is 0 Å². The first kappa shape index (κ1) is 10.3. The second-order valence-electron chi connectivity index (χ2n) is 2.92. The maximum atomic E-state index is 10.5. The van der Waals surface area contributed by atoms with Gasteiger partial charge in [-0.3, -0.25) is 4.79 Å². The Morgan fingerprint density at radius 3 is 2.92 bits per heavy atom. The van der Waals surface area contributed by atoms with E-state index in [1.807, 2.05) is 0 Å². The monoisotopic (exact) mass is 200 g/mol. The normalized spacial score (nSPS) is 10.2. The van der Waals surface area contributed by atoms with E-state index in [-0.39, 0.29) is 0 Å². The fourth-order valence-corrected chi connectivity index (χ4v) is 1.40. The number of unbranched alkanes of at least 4 members (excludes halogenated alkanes) is 2. The highest BCUT2D eigenvalue weighted by atomic mass is 35.5. The largest absolute Gasteiger partial charge is 0.469 e. The van der Waals surface area contributed by atoms with Gasteiger partial charge in [-0.1, -0.05) is 6.42 Å². The van der Waals surface area contributed by atoms with Crippen molar-refractivity contribution in [1.29, 1.82) is 0 Å². The van der Waals surface area contributed by atoms with Crippen LogP contribution in [0.1, 0.15) is 35.4 Å². The predicted octanol–water partition coefficient (Wildman–Crippen LogP) is 3.04. The van der Waals surface area contributed by atoms with Crippen molar-refractivity contribution in [3.63, 3.8) is 0 Å². The van der Waals surface area contributed by atoms with Crippen molar-refractivity contribution in [2.45, 2.75) is 25.7 Å². The second-order valence-corrected chi connectivity index (χ2v) is 3.29. The fraction of sp³-hybridized carbons (Fsp3) is 0.500. The first-order valence-electron chi connectivity index (χ1n) is 4.46. The smallest absolute Gasteiger partial charge is 0.153 e. The Labute approximate surface area is 82.9 Å². The third-order valence-corrected chi connectivity index (χ3v) is 2.21. The third-order valence-electron chi connectivity index (χ3n) is 1.94. The van der Waals surface area contributed by atoms with Crippen LogP contribution in [0.2, 0.25) is 0 Å². The highest BCUT2D eigenvalue weighted by molar-refractivity contribution is 6.17. The standard InChI is InChI=1S/C10H13ClO2/c11-6-3-1-2-4-10-9(8-12)5-7-13-10/h5,7-8H,1-4,6H2. The molecule has 72 valence electrons. The molecule has 0 atom stereocenters. The summed E-state index contributed by atoms with van der Waals surface area (Å²) in [7, 11) is 0. The second kappa shape index (κ2) is 5.81. The molecule has 0 radical (unpaired) electrons.